The Bertz CT molecular complexity index is 556. The number of nitrogens with zero attached hydrogens (tertiary/aromatic N) is 3. The van der Waals surface area contributed by atoms with Gasteiger partial charge < -0.3 is 4.74 Å². The molecule has 0 unspecified atom stereocenters. The van der Waals surface area contributed by atoms with Crippen molar-refractivity contribution in [3.63, 3.8) is 0 Å². The first-order chi connectivity index (χ1) is 8.65. The highest BCUT2D eigenvalue weighted by Crippen LogP contribution is 2.17. The van der Waals surface area contributed by atoms with Crippen molar-refractivity contribution in [1.82, 2.24) is 9.78 Å². The summed E-state index contributed by atoms with van der Waals surface area (Å²) in [6, 6.07) is 7.03. The molecule has 6 nitrogen and oxygen atoms in total. The Balaban J connectivity index is 1.86. The van der Waals surface area contributed by atoms with Crippen LogP contribution in [0.5, 0.6) is 5.75 Å². The maximum absolute atomic E-state index is 10.5. The lowest BCUT2D eigenvalue weighted by molar-refractivity contribution is -0.385. The van der Waals surface area contributed by atoms with Crippen molar-refractivity contribution >= 4 is 17.3 Å². The summed E-state index contributed by atoms with van der Waals surface area (Å²) in [5.41, 5.74) is -0.0299. The van der Waals surface area contributed by atoms with E-state index in [4.69, 9.17) is 16.3 Å². The summed E-state index contributed by atoms with van der Waals surface area (Å²) in [7, 11) is 0. The first-order valence-electron chi connectivity index (χ1n) is 5.20. The second-order valence-electron chi connectivity index (χ2n) is 3.52. The highest BCUT2D eigenvalue weighted by Gasteiger charge is 2.08. The molecule has 0 atom stereocenters. The molecule has 0 spiro atoms. The minimum Gasteiger partial charge on any atom is -0.492 e. The SMILES string of the molecule is O=[N+]([O-])c1cnn(CCOc2cccc(Cl)c2)c1. The summed E-state index contributed by atoms with van der Waals surface area (Å²) in [4.78, 5) is 9.97. The third-order valence-corrected chi connectivity index (χ3v) is 2.45. The zero-order valence-electron chi connectivity index (χ0n) is 9.32. The van der Waals surface area contributed by atoms with Gasteiger partial charge in [0.2, 0.25) is 0 Å². The molecule has 94 valence electrons. The van der Waals surface area contributed by atoms with Gasteiger partial charge in [-0.1, -0.05) is 17.7 Å². The largest absolute Gasteiger partial charge is 0.492 e. The average Bonchev–Trinajstić information content (AvgIpc) is 2.78. The molecule has 1 aromatic carbocycles. The van der Waals surface area contributed by atoms with Gasteiger partial charge in [0, 0.05) is 5.02 Å². The summed E-state index contributed by atoms with van der Waals surface area (Å²) >= 11 is 5.81. The standard InChI is InChI=1S/C11H10ClN3O3/c12-9-2-1-3-11(6-9)18-5-4-14-8-10(7-13-14)15(16)17/h1-3,6-8H,4-5H2. The fourth-order valence-electron chi connectivity index (χ4n) is 1.38. The Kier molecular flexibility index (Phi) is 3.78. The third kappa shape index (κ3) is 3.21. The molecule has 18 heavy (non-hydrogen) atoms. The minimum absolute atomic E-state index is 0.0299. The number of hydrogen-bond donors (Lipinski definition) is 0. The van der Waals surface area contributed by atoms with Crippen LogP contribution in [0.2, 0.25) is 5.02 Å². The molecule has 1 heterocycles. The van der Waals surface area contributed by atoms with E-state index in [0.29, 0.717) is 23.9 Å². The quantitative estimate of drug-likeness (QED) is 0.616. The van der Waals surface area contributed by atoms with Crippen molar-refractivity contribution in [1.29, 1.82) is 0 Å². The molecule has 2 rings (SSSR count). The van der Waals surface area contributed by atoms with Crippen LogP contribution in [-0.2, 0) is 6.54 Å². The Morgan fingerprint density at radius 2 is 2.33 bits per heavy atom. The lowest BCUT2D eigenvalue weighted by Crippen LogP contribution is -2.08. The second kappa shape index (κ2) is 5.50. The Morgan fingerprint density at radius 3 is 3.00 bits per heavy atom. The lowest BCUT2D eigenvalue weighted by atomic mass is 10.3. The number of hydrogen-bond acceptors (Lipinski definition) is 4. The average molecular weight is 268 g/mol. The fraction of sp³-hybridized carbons (Fsp3) is 0.182. The predicted molar refractivity (Wildman–Crippen MR) is 65.8 cm³/mol. The van der Waals surface area contributed by atoms with Gasteiger partial charge in [-0.2, -0.15) is 5.10 Å². The van der Waals surface area contributed by atoms with Crippen LogP contribution in [0.1, 0.15) is 0 Å². The molecule has 2 aromatic rings. The molecular weight excluding hydrogens is 258 g/mol. The van der Waals surface area contributed by atoms with Crippen LogP contribution in [0.15, 0.2) is 36.7 Å². The zero-order valence-corrected chi connectivity index (χ0v) is 10.1. The Hall–Kier alpha value is -2.08. The molecule has 0 amide bonds. The van der Waals surface area contributed by atoms with Gasteiger partial charge in [-0.25, -0.2) is 0 Å². The van der Waals surface area contributed by atoms with Crippen molar-refractivity contribution in [2.75, 3.05) is 6.61 Å². The van der Waals surface area contributed by atoms with E-state index in [1.54, 1.807) is 24.3 Å². The highest BCUT2D eigenvalue weighted by atomic mass is 35.5. The van der Waals surface area contributed by atoms with Crippen molar-refractivity contribution in [3.05, 3.63) is 51.8 Å². The van der Waals surface area contributed by atoms with E-state index < -0.39 is 4.92 Å². The first kappa shape index (κ1) is 12.4. The van der Waals surface area contributed by atoms with Crippen LogP contribution >= 0.6 is 11.6 Å². The molecule has 0 fully saturated rings. The van der Waals surface area contributed by atoms with Crippen LogP contribution in [0.25, 0.3) is 0 Å². The fourth-order valence-corrected chi connectivity index (χ4v) is 1.56. The van der Waals surface area contributed by atoms with Gasteiger partial charge in [0.15, 0.2) is 0 Å². The summed E-state index contributed by atoms with van der Waals surface area (Å²) < 4.78 is 6.91. The van der Waals surface area contributed by atoms with E-state index in [0.717, 1.165) is 0 Å². The number of halogens is 1. The van der Waals surface area contributed by atoms with Crippen LogP contribution in [-0.4, -0.2) is 21.3 Å². The third-order valence-electron chi connectivity index (χ3n) is 2.22. The maximum atomic E-state index is 10.5. The van der Waals surface area contributed by atoms with Gasteiger partial charge >= 0.3 is 5.69 Å². The molecule has 0 aliphatic heterocycles. The van der Waals surface area contributed by atoms with Gasteiger partial charge in [-0.3, -0.25) is 14.8 Å². The van der Waals surface area contributed by atoms with Crippen molar-refractivity contribution < 1.29 is 9.66 Å². The van der Waals surface area contributed by atoms with Gasteiger partial charge in [0.1, 0.15) is 24.8 Å². The number of nitro groups is 1. The molecule has 1 aromatic heterocycles. The van der Waals surface area contributed by atoms with Crippen LogP contribution in [0, 0.1) is 10.1 Å². The maximum Gasteiger partial charge on any atom is 0.306 e. The van der Waals surface area contributed by atoms with Gasteiger partial charge in [0.25, 0.3) is 0 Å². The summed E-state index contributed by atoms with van der Waals surface area (Å²) in [5, 5.41) is 14.9. The molecular formula is C11H10ClN3O3. The summed E-state index contributed by atoms with van der Waals surface area (Å²) in [6.45, 7) is 0.791. The van der Waals surface area contributed by atoms with Crippen LogP contribution in [0.3, 0.4) is 0 Å². The lowest BCUT2D eigenvalue weighted by Gasteiger charge is -2.05. The van der Waals surface area contributed by atoms with E-state index in [9.17, 15) is 10.1 Å². The molecule has 0 saturated heterocycles. The molecule has 7 heteroatoms. The van der Waals surface area contributed by atoms with Gasteiger partial charge in [-0.15, -0.1) is 0 Å². The summed E-state index contributed by atoms with van der Waals surface area (Å²) in [5.74, 6) is 0.657. The van der Waals surface area contributed by atoms with E-state index in [-0.39, 0.29) is 5.69 Å². The van der Waals surface area contributed by atoms with Crippen LogP contribution in [0.4, 0.5) is 5.69 Å². The number of rotatable bonds is 5. The number of benzene rings is 1. The molecule has 0 aliphatic carbocycles. The van der Waals surface area contributed by atoms with E-state index >= 15 is 0 Å². The Morgan fingerprint density at radius 1 is 1.50 bits per heavy atom. The van der Waals surface area contributed by atoms with Crippen molar-refractivity contribution in [3.8, 4) is 5.75 Å². The second-order valence-corrected chi connectivity index (χ2v) is 3.96. The van der Waals surface area contributed by atoms with Crippen molar-refractivity contribution in [2.24, 2.45) is 0 Å². The monoisotopic (exact) mass is 267 g/mol. The van der Waals surface area contributed by atoms with Gasteiger partial charge in [-0.05, 0) is 18.2 Å². The zero-order chi connectivity index (χ0) is 13.0. The van der Waals surface area contributed by atoms with E-state index in [1.165, 1.54) is 17.1 Å². The van der Waals surface area contributed by atoms with Crippen LogP contribution < -0.4 is 4.74 Å². The molecule has 0 saturated carbocycles. The molecule has 0 bridgehead atoms. The smallest absolute Gasteiger partial charge is 0.306 e. The molecule has 0 aliphatic rings. The first-order valence-corrected chi connectivity index (χ1v) is 5.58. The molecule has 0 N–H and O–H groups in total. The topological polar surface area (TPSA) is 70.2 Å². The highest BCUT2D eigenvalue weighted by molar-refractivity contribution is 6.30. The number of aromatic nitrogens is 2. The van der Waals surface area contributed by atoms with E-state index in [1.807, 2.05) is 0 Å². The summed E-state index contributed by atoms with van der Waals surface area (Å²) in [6.07, 6.45) is 2.57. The minimum atomic E-state index is -0.485. The Labute approximate surface area is 108 Å². The van der Waals surface area contributed by atoms with Gasteiger partial charge in [0.05, 0.1) is 11.5 Å². The number of ether oxygens (including phenoxy) is 1. The van der Waals surface area contributed by atoms with Crippen molar-refractivity contribution in [2.45, 2.75) is 6.54 Å². The normalized spacial score (nSPS) is 10.3. The van der Waals surface area contributed by atoms with E-state index in [2.05, 4.69) is 5.10 Å². The molecule has 0 radical (unpaired) electrons. The predicted octanol–water partition coefficient (Wildman–Crippen LogP) is 2.52.